The summed E-state index contributed by atoms with van der Waals surface area (Å²) in [5.41, 5.74) is -1.28. The topological polar surface area (TPSA) is 76.1 Å². The normalized spacial score (nSPS) is 26.2. The first kappa shape index (κ1) is 15.8. The second-order valence-electron chi connectivity index (χ2n) is 6.49. The van der Waals surface area contributed by atoms with Crippen LogP contribution in [0, 0.1) is 5.41 Å². The van der Waals surface area contributed by atoms with Gasteiger partial charge in [-0.3, -0.25) is 4.90 Å². The Labute approximate surface area is 113 Å². The van der Waals surface area contributed by atoms with Gasteiger partial charge in [-0.2, -0.15) is 0 Å². The number of esters is 1. The number of amides is 1. The van der Waals surface area contributed by atoms with Gasteiger partial charge < -0.3 is 14.6 Å². The number of carbonyl (C=O) groups excluding carboxylic acids is 2. The van der Waals surface area contributed by atoms with E-state index in [0.717, 1.165) is 4.90 Å². The van der Waals surface area contributed by atoms with Crippen LogP contribution in [0.3, 0.4) is 0 Å². The van der Waals surface area contributed by atoms with Gasteiger partial charge in [-0.05, 0) is 27.2 Å². The lowest BCUT2D eigenvalue weighted by molar-refractivity contribution is -0.148. The zero-order chi connectivity index (χ0) is 15.0. The number of hydrogen-bond acceptors (Lipinski definition) is 5. The van der Waals surface area contributed by atoms with E-state index in [1.165, 1.54) is 7.11 Å². The molecule has 1 rings (SSSR count). The Morgan fingerprint density at radius 2 is 1.84 bits per heavy atom. The molecule has 1 heterocycles. The molecule has 6 heteroatoms. The summed E-state index contributed by atoms with van der Waals surface area (Å²) in [4.78, 5) is 24.9. The third kappa shape index (κ3) is 3.37. The Balaban J connectivity index is 2.99. The smallest absolute Gasteiger partial charge is 0.413 e. The maximum atomic E-state index is 12.1. The fourth-order valence-electron chi connectivity index (χ4n) is 2.12. The van der Waals surface area contributed by atoms with Crippen molar-refractivity contribution >= 4 is 12.1 Å². The van der Waals surface area contributed by atoms with Crippen LogP contribution < -0.4 is 0 Å². The summed E-state index contributed by atoms with van der Waals surface area (Å²) in [6.07, 6.45) is -1.45. The third-order valence-electron chi connectivity index (χ3n) is 3.10. The molecule has 1 amide bonds. The summed E-state index contributed by atoms with van der Waals surface area (Å²) < 4.78 is 9.92. The van der Waals surface area contributed by atoms with Crippen LogP contribution in [-0.4, -0.2) is 47.0 Å². The van der Waals surface area contributed by atoms with E-state index >= 15 is 0 Å². The molecule has 0 aromatic heterocycles. The number of methoxy groups -OCH3 is 1. The Bertz CT molecular complexity index is 372. The van der Waals surface area contributed by atoms with E-state index < -0.39 is 35.3 Å². The van der Waals surface area contributed by atoms with Gasteiger partial charge in [-0.25, -0.2) is 9.59 Å². The quantitative estimate of drug-likeness (QED) is 0.733. The number of carbonyl (C=O) groups is 2. The highest BCUT2D eigenvalue weighted by atomic mass is 16.6. The molecule has 1 fully saturated rings. The third-order valence-corrected chi connectivity index (χ3v) is 3.10. The first-order valence-electron chi connectivity index (χ1n) is 6.27. The molecular weight excluding hydrogens is 250 g/mol. The van der Waals surface area contributed by atoms with Crippen molar-refractivity contribution in [3.63, 3.8) is 0 Å². The van der Waals surface area contributed by atoms with Crippen LogP contribution in [0.5, 0.6) is 0 Å². The van der Waals surface area contributed by atoms with Crippen LogP contribution in [0.4, 0.5) is 4.79 Å². The van der Waals surface area contributed by atoms with Crippen molar-refractivity contribution in [1.82, 2.24) is 4.90 Å². The lowest BCUT2D eigenvalue weighted by atomic mass is 9.89. The number of ether oxygens (including phenoxy) is 2. The number of aliphatic hydroxyl groups excluding tert-OH is 1. The summed E-state index contributed by atoms with van der Waals surface area (Å²) in [6, 6.07) is -0.815. The van der Waals surface area contributed by atoms with Crippen LogP contribution in [0.1, 0.15) is 41.0 Å². The van der Waals surface area contributed by atoms with Gasteiger partial charge in [0.1, 0.15) is 17.9 Å². The molecular formula is C13H23NO5. The van der Waals surface area contributed by atoms with E-state index in [-0.39, 0.29) is 0 Å². The predicted molar refractivity (Wildman–Crippen MR) is 68.3 cm³/mol. The minimum Gasteiger partial charge on any atom is -0.467 e. The van der Waals surface area contributed by atoms with Crippen LogP contribution in [-0.2, 0) is 14.3 Å². The molecule has 0 aromatic rings. The maximum Gasteiger partial charge on any atom is 0.413 e. The second-order valence-corrected chi connectivity index (χ2v) is 6.49. The first-order chi connectivity index (χ1) is 8.49. The van der Waals surface area contributed by atoms with E-state index in [1.807, 2.05) is 0 Å². The summed E-state index contributed by atoms with van der Waals surface area (Å²) in [7, 11) is 1.26. The molecule has 0 radical (unpaired) electrons. The number of rotatable bonds is 1. The molecule has 1 unspecified atom stereocenters. The zero-order valence-electron chi connectivity index (χ0n) is 12.4. The Morgan fingerprint density at radius 1 is 1.32 bits per heavy atom. The van der Waals surface area contributed by atoms with Crippen molar-refractivity contribution in [2.24, 2.45) is 5.41 Å². The van der Waals surface area contributed by atoms with Gasteiger partial charge in [0, 0.05) is 5.41 Å². The Morgan fingerprint density at radius 3 is 2.26 bits per heavy atom. The average molecular weight is 273 g/mol. The van der Waals surface area contributed by atoms with Gasteiger partial charge in [-0.1, -0.05) is 13.8 Å². The predicted octanol–water partition coefficient (Wildman–Crippen LogP) is 1.51. The average Bonchev–Trinajstić information content (AvgIpc) is 2.47. The molecule has 0 aromatic carbocycles. The van der Waals surface area contributed by atoms with Gasteiger partial charge in [-0.15, -0.1) is 0 Å². The zero-order valence-corrected chi connectivity index (χ0v) is 12.4. The van der Waals surface area contributed by atoms with Crippen LogP contribution in [0.15, 0.2) is 0 Å². The summed E-state index contributed by atoms with van der Waals surface area (Å²) in [5.74, 6) is -0.546. The van der Waals surface area contributed by atoms with Crippen molar-refractivity contribution in [1.29, 1.82) is 0 Å². The van der Waals surface area contributed by atoms with E-state index in [9.17, 15) is 14.7 Å². The molecule has 0 spiro atoms. The molecule has 0 aliphatic carbocycles. The van der Waals surface area contributed by atoms with E-state index in [4.69, 9.17) is 4.74 Å². The number of hydrogen-bond donors (Lipinski definition) is 1. The number of aliphatic hydroxyl groups is 1. The van der Waals surface area contributed by atoms with Crippen LogP contribution in [0.25, 0.3) is 0 Å². The lowest BCUT2D eigenvalue weighted by Gasteiger charge is -2.31. The standard InChI is InChI=1S/C13H23NO5/c1-12(2,3)19-11(17)14-8(9(15)18-6)7-13(4,5)10(14)16/h8,10,16H,7H2,1-6H3/t8-,10?/m0/s1. The Hall–Kier alpha value is -1.30. The fourth-order valence-corrected chi connectivity index (χ4v) is 2.12. The molecule has 0 saturated carbocycles. The van der Waals surface area contributed by atoms with Gasteiger partial charge in [0.2, 0.25) is 0 Å². The van der Waals surface area contributed by atoms with Crippen molar-refractivity contribution < 1.29 is 24.2 Å². The first-order valence-corrected chi connectivity index (χ1v) is 6.27. The number of likely N-dealkylation sites (tertiary alicyclic amines) is 1. The molecule has 1 aliphatic heterocycles. The molecule has 110 valence electrons. The molecule has 6 nitrogen and oxygen atoms in total. The molecule has 1 saturated heterocycles. The molecule has 0 bridgehead atoms. The fraction of sp³-hybridized carbons (Fsp3) is 0.846. The summed E-state index contributed by atoms with van der Waals surface area (Å²) in [5, 5.41) is 10.2. The minimum absolute atomic E-state index is 0.333. The van der Waals surface area contributed by atoms with Gasteiger partial charge >= 0.3 is 12.1 Å². The van der Waals surface area contributed by atoms with E-state index in [2.05, 4.69) is 4.74 Å². The number of nitrogens with zero attached hydrogens (tertiary/aromatic N) is 1. The van der Waals surface area contributed by atoms with E-state index in [1.54, 1.807) is 34.6 Å². The van der Waals surface area contributed by atoms with Crippen molar-refractivity contribution in [2.45, 2.75) is 58.9 Å². The highest BCUT2D eigenvalue weighted by Crippen LogP contribution is 2.40. The lowest BCUT2D eigenvalue weighted by Crippen LogP contribution is -2.48. The van der Waals surface area contributed by atoms with Crippen molar-refractivity contribution in [3.05, 3.63) is 0 Å². The highest BCUT2D eigenvalue weighted by Gasteiger charge is 2.52. The molecule has 19 heavy (non-hydrogen) atoms. The summed E-state index contributed by atoms with van der Waals surface area (Å²) >= 11 is 0. The van der Waals surface area contributed by atoms with Crippen molar-refractivity contribution in [2.75, 3.05) is 7.11 Å². The highest BCUT2D eigenvalue weighted by molar-refractivity contribution is 5.82. The molecule has 2 atom stereocenters. The van der Waals surface area contributed by atoms with Gasteiger partial charge in [0.25, 0.3) is 0 Å². The van der Waals surface area contributed by atoms with Gasteiger partial charge in [0.05, 0.1) is 7.11 Å². The molecule has 1 aliphatic rings. The summed E-state index contributed by atoms with van der Waals surface area (Å²) in [6.45, 7) is 8.76. The van der Waals surface area contributed by atoms with Crippen LogP contribution in [0.2, 0.25) is 0 Å². The maximum absolute atomic E-state index is 12.1. The largest absolute Gasteiger partial charge is 0.467 e. The minimum atomic E-state index is -1.08. The van der Waals surface area contributed by atoms with E-state index in [0.29, 0.717) is 6.42 Å². The monoisotopic (exact) mass is 273 g/mol. The van der Waals surface area contributed by atoms with Gasteiger partial charge in [0.15, 0.2) is 0 Å². The second kappa shape index (κ2) is 5.00. The van der Waals surface area contributed by atoms with Crippen molar-refractivity contribution in [3.8, 4) is 0 Å². The molecule has 1 N–H and O–H groups in total. The van der Waals surface area contributed by atoms with Crippen LogP contribution >= 0.6 is 0 Å². The SMILES string of the molecule is COC(=O)[C@@H]1CC(C)(C)C(O)N1C(=O)OC(C)(C)C. The Kier molecular flexibility index (Phi) is 4.14.